The lowest BCUT2D eigenvalue weighted by Gasteiger charge is -2.32. The van der Waals surface area contributed by atoms with Crippen LogP contribution in [0.2, 0.25) is 0 Å². The first kappa shape index (κ1) is 9.91. The van der Waals surface area contributed by atoms with E-state index in [0.717, 1.165) is 13.0 Å². The molecule has 1 saturated heterocycles. The summed E-state index contributed by atoms with van der Waals surface area (Å²) in [6.07, 6.45) is 3.25. The van der Waals surface area contributed by atoms with Crippen LogP contribution in [0.1, 0.15) is 18.9 Å². The van der Waals surface area contributed by atoms with Gasteiger partial charge in [-0.2, -0.15) is 0 Å². The summed E-state index contributed by atoms with van der Waals surface area (Å²) in [7, 11) is 0. The fraction of sp³-hybridized carbons (Fsp3) is 0.429. The Labute approximate surface area is 96.3 Å². The van der Waals surface area contributed by atoms with Gasteiger partial charge in [-0.1, -0.05) is 31.2 Å². The van der Waals surface area contributed by atoms with Gasteiger partial charge in [0.25, 0.3) is 0 Å². The average molecular weight is 215 g/mol. The van der Waals surface area contributed by atoms with Crippen LogP contribution in [0.25, 0.3) is 0 Å². The second-order valence-electron chi connectivity index (χ2n) is 4.76. The first-order valence-corrected chi connectivity index (χ1v) is 5.89. The highest BCUT2D eigenvalue weighted by molar-refractivity contribution is 5.62. The van der Waals surface area contributed by atoms with Crippen LogP contribution in [-0.2, 0) is 10.2 Å². The topological polar surface area (TPSA) is 21.3 Å². The van der Waals surface area contributed by atoms with Gasteiger partial charge in [-0.05, 0) is 24.0 Å². The lowest BCUT2D eigenvalue weighted by molar-refractivity contribution is 0.0972. The first-order chi connectivity index (χ1) is 7.79. The Hall–Kier alpha value is -1.28. The van der Waals surface area contributed by atoms with E-state index < -0.39 is 0 Å². The zero-order valence-corrected chi connectivity index (χ0v) is 9.57. The minimum atomic E-state index is 0.0956. The van der Waals surface area contributed by atoms with Gasteiger partial charge in [-0.25, -0.2) is 0 Å². The summed E-state index contributed by atoms with van der Waals surface area (Å²) in [6, 6.07) is 8.53. The van der Waals surface area contributed by atoms with Crippen LogP contribution in [-0.4, -0.2) is 12.8 Å². The van der Waals surface area contributed by atoms with Gasteiger partial charge in [0.15, 0.2) is 0 Å². The second-order valence-corrected chi connectivity index (χ2v) is 4.76. The molecule has 0 spiro atoms. The molecule has 1 aromatic rings. The van der Waals surface area contributed by atoms with Crippen molar-refractivity contribution in [2.45, 2.75) is 25.0 Å². The summed E-state index contributed by atoms with van der Waals surface area (Å²) in [5.41, 5.74) is 2.71. The molecule has 2 nitrogen and oxygen atoms in total. The molecule has 2 aliphatic rings. The van der Waals surface area contributed by atoms with Gasteiger partial charge >= 0.3 is 0 Å². The van der Waals surface area contributed by atoms with Crippen LogP contribution < -0.4 is 5.32 Å². The highest BCUT2D eigenvalue weighted by Crippen LogP contribution is 2.52. The molecule has 0 aliphatic carbocycles. The predicted octanol–water partition coefficient (Wildman–Crippen LogP) is 2.92. The number of hydrogen-bond acceptors (Lipinski definition) is 2. The summed E-state index contributed by atoms with van der Waals surface area (Å²) < 4.78 is 5.83. The van der Waals surface area contributed by atoms with E-state index in [0.29, 0.717) is 5.92 Å². The number of para-hydroxylation sites is 1. The predicted molar refractivity (Wildman–Crippen MR) is 65.5 cm³/mol. The quantitative estimate of drug-likeness (QED) is 0.766. The molecule has 1 fully saturated rings. The van der Waals surface area contributed by atoms with Crippen molar-refractivity contribution >= 4 is 5.69 Å². The Morgan fingerprint density at radius 1 is 1.56 bits per heavy atom. The van der Waals surface area contributed by atoms with Gasteiger partial charge in [0.1, 0.15) is 6.23 Å². The maximum Gasteiger partial charge on any atom is 0.138 e. The molecule has 16 heavy (non-hydrogen) atoms. The molecule has 1 aromatic carbocycles. The molecule has 0 amide bonds. The average Bonchev–Trinajstić information content (AvgIpc) is 2.84. The molecule has 3 atom stereocenters. The molecule has 2 heterocycles. The van der Waals surface area contributed by atoms with Crippen LogP contribution in [0, 0.1) is 5.92 Å². The molecule has 2 heteroatoms. The molecule has 0 saturated carbocycles. The number of fused-ring (bicyclic) bond motifs is 3. The molecule has 2 aliphatic heterocycles. The number of nitrogens with one attached hydrogen (secondary N) is 1. The zero-order valence-electron chi connectivity index (χ0n) is 9.57. The number of rotatable bonds is 2. The summed E-state index contributed by atoms with van der Waals surface area (Å²) in [5, 5.41) is 3.48. The van der Waals surface area contributed by atoms with E-state index in [1.165, 1.54) is 11.3 Å². The molecular weight excluding hydrogens is 198 g/mol. The lowest BCUT2D eigenvalue weighted by atomic mass is 9.70. The Morgan fingerprint density at radius 3 is 3.19 bits per heavy atom. The first-order valence-electron chi connectivity index (χ1n) is 5.89. The summed E-state index contributed by atoms with van der Waals surface area (Å²) in [5.74, 6) is 0.427. The van der Waals surface area contributed by atoms with Crippen LogP contribution in [0.5, 0.6) is 0 Å². The van der Waals surface area contributed by atoms with E-state index in [4.69, 9.17) is 4.74 Å². The number of hydrogen-bond donors (Lipinski definition) is 1. The van der Waals surface area contributed by atoms with Crippen molar-refractivity contribution in [3.05, 3.63) is 42.5 Å². The van der Waals surface area contributed by atoms with Crippen LogP contribution in [0.15, 0.2) is 36.9 Å². The molecule has 0 unspecified atom stereocenters. The van der Waals surface area contributed by atoms with E-state index in [2.05, 4.69) is 43.1 Å². The van der Waals surface area contributed by atoms with Crippen molar-refractivity contribution in [3.63, 3.8) is 0 Å². The number of anilines is 1. The normalized spacial score (nSPS) is 32.7. The fourth-order valence-corrected chi connectivity index (χ4v) is 3.15. The van der Waals surface area contributed by atoms with E-state index in [1.54, 1.807) is 0 Å². The smallest absolute Gasteiger partial charge is 0.138 e. The Balaban J connectivity index is 2.16. The second kappa shape index (κ2) is 3.36. The molecule has 0 radical (unpaired) electrons. The maximum atomic E-state index is 5.83. The van der Waals surface area contributed by atoms with E-state index in [-0.39, 0.29) is 11.6 Å². The van der Waals surface area contributed by atoms with Gasteiger partial charge < -0.3 is 10.1 Å². The summed E-state index contributed by atoms with van der Waals surface area (Å²) in [4.78, 5) is 0. The SMILES string of the molecule is C=C[C@@H](C)[C@@]12CCO[C@@H]1Nc1ccccc12. The van der Waals surface area contributed by atoms with Crippen LogP contribution in [0.4, 0.5) is 5.69 Å². The fourth-order valence-electron chi connectivity index (χ4n) is 3.15. The summed E-state index contributed by atoms with van der Waals surface area (Å²) in [6.45, 7) is 7.02. The van der Waals surface area contributed by atoms with E-state index in [9.17, 15) is 0 Å². The van der Waals surface area contributed by atoms with E-state index >= 15 is 0 Å². The minimum absolute atomic E-state index is 0.0956. The van der Waals surface area contributed by atoms with Gasteiger partial charge in [-0.15, -0.1) is 6.58 Å². The van der Waals surface area contributed by atoms with Crippen LogP contribution in [0.3, 0.4) is 0 Å². The molecule has 3 rings (SSSR count). The largest absolute Gasteiger partial charge is 0.359 e. The van der Waals surface area contributed by atoms with Gasteiger partial charge in [0.2, 0.25) is 0 Å². The van der Waals surface area contributed by atoms with Crippen molar-refractivity contribution in [1.82, 2.24) is 0 Å². The third-order valence-corrected chi connectivity index (χ3v) is 4.15. The molecular formula is C14H17NO. The maximum absolute atomic E-state index is 5.83. The Morgan fingerprint density at radius 2 is 2.38 bits per heavy atom. The molecule has 0 bridgehead atoms. The molecule has 1 N–H and O–H groups in total. The third-order valence-electron chi connectivity index (χ3n) is 4.15. The van der Waals surface area contributed by atoms with Crippen molar-refractivity contribution in [1.29, 1.82) is 0 Å². The van der Waals surface area contributed by atoms with Gasteiger partial charge in [-0.3, -0.25) is 0 Å². The van der Waals surface area contributed by atoms with Gasteiger partial charge in [0.05, 0.1) is 12.0 Å². The van der Waals surface area contributed by atoms with E-state index in [1.807, 2.05) is 6.08 Å². The lowest BCUT2D eigenvalue weighted by Crippen LogP contribution is -2.39. The Kier molecular flexibility index (Phi) is 2.08. The zero-order chi connectivity index (χ0) is 11.2. The Bertz CT molecular complexity index is 428. The standard InChI is InChI=1S/C14H17NO/c1-3-10(2)14-8-9-16-13(14)15-12-7-5-4-6-11(12)14/h3-7,10,13,15H,1,8-9H2,2H3/t10-,13+,14-/m1/s1. The monoisotopic (exact) mass is 215 g/mol. The van der Waals surface area contributed by atoms with Crippen molar-refractivity contribution in [2.24, 2.45) is 5.92 Å². The number of ether oxygens (including phenoxy) is 1. The van der Waals surface area contributed by atoms with Crippen molar-refractivity contribution < 1.29 is 4.74 Å². The number of allylic oxidation sites excluding steroid dienone is 1. The number of benzene rings is 1. The third kappa shape index (κ3) is 1.05. The van der Waals surface area contributed by atoms with Gasteiger partial charge in [0, 0.05) is 5.69 Å². The molecule has 84 valence electrons. The summed E-state index contributed by atoms with van der Waals surface area (Å²) >= 11 is 0. The highest BCUT2D eigenvalue weighted by Gasteiger charge is 2.53. The van der Waals surface area contributed by atoms with Crippen molar-refractivity contribution in [3.8, 4) is 0 Å². The molecule has 0 aromatic heterocycles. The van der Waals surface area contributed by atoms with Crippen LogP contribution >= 0.6 is 0 Å². The minimum Gasteiger partial charge on any atom is -0.359 e. The highest BCUT2D eigenvalue weighted by atomic mass is 16.5. The van der Waals surface area contributed by atoms with Crippen molar-refractivity contribution in [2.75, 3.05) is 11.9 Å².